The second-order valence-corrected chi connectivity index (χ2v) is 7.09. The molecule has 2 N–H and O–H groups in total. The molecule has 6 nitrogen and oxygen atoms in total. The number of nitrogens with zero attached hydrogens (tertiary/aromatic N) is 2. The average Bonchev–Trinajstić information content (AvgIpc) is 3.16. The van der Waals surface area contributed by atoms with E-state index in [1.165, 1.54) is 0 Å². The van der Waals surface area contributed by atoms with Crippen molar-refractivity contribution in [3.63, 3.8) is 0 Å². The third kappa shape index (κ3) is 4.12. The van der Waals surface area contributed by atoms with Crippen LogP contribution in [0.2, 0.25) is 0 Å². The van der Waals surface area contributed by atoms with Crippen LogP contribution in [0.3, 0.4) is 0 Å². The Morgan fingerprint density at radius 1 is 1.23 bits per heavy atom. The standard InChI is InChI=1S/C20H26N4O2/c1-14(2)20(26)21-13-18(25)24-10-8-16(9-11-24)19-17(12-22-23-19)15-6-4-3-5-7-15/h3-7,12,14,16H,8-11,13H2,1-2H3,(H,21,26)(H,22,23). The summed E-state index contributed by atoms with van der Waals surface area (Å²) in [5, 5.41) is 10.1. The van der Waals surface area contributed by atoms with Crippen molar-refractivity contribution in [1.29, 1.82) is 0 Å². The van der Waals surface area contributed by atoms with Gasteiger partial charge in [0.1, 0.15) is 0 Å². The summed E-state index contributed by atoms with van der Waals surface area (Å²) in [5.74, 6) is 0.163. The number of rotatable bonds is 5. The Bertz CT molecular complexity index is 746. The lowest BCUT2D eigenvalue weighted by atomic mass is 9.89. The molecule has 1 fully saturated rings. The molecule has 1 aromatic heterocycles. The van der Waals surface area contributed by atoms with Gasteiger partial charge in [-0.2, -0.15) is 5.10 Å². The molecule has 1 aliphatic rings. The van der Waals surface area contributed by atoms with E-state index in [2.05, 4.69) is 27.6 Å². The van der Waals surface area contributed by atoms with Gasteiger partial charge >= 0.3 is 0 Å². The number of nitrogens with one attached hydrogen (secondary N) is 2. The fourth-order valence-electron chi connectivity index (χ4n) is 3.35. The topological polar surface area (TPSA) is 78.1 Å². The van der Waals surface area contributed by atoms with Gasteiger partial charge in [0.05, 0.1) is 12.7 Å². The van der Waals surface area contributed by atoms with Crippen LogP contribution in [0.5, 0.6) is 0 Å². The molecule has 0 saturated carbocycles. The van der Waals surface area contributed by atoms with Crippen LogP contribution < -0.4 is 5.32 Å². The van der Waals surface area contributed by atoms with Crippen LogP contribution in [0.4, 0.5) is 0 Å². The van der Waals surface area contributed by atoms with Crippen molar-refractivity contribution in [2.45, 2.75) is 32.6 Å². The maximum Gasteiger partial charge on any atom is 0.241 e. The van der Waals surface area contributed by atoms with Gasteiger partial charge in [0, 0.05) is 36.2 Å². The maximum absolute atomic E-state index is 12.3. The highest BCUT2D eigenvalue weighted by atomic mass is 16.2. The van der Waals surface area contributed by atoms with E-state index in [1.54, 1.807) is 0 Å². The smallest absolute Gasteiger partial charge is 0.241 e. The number of carbonyl (C=O) groups excluding carboxylic acids is 2. The second-order valence-electron chi connectivity index (χ2n) is 7.09. The Kier molecular flexibility index (Phi) is 5.71. The Balaban J connectivity index is 1.57. The number of hydrogen-bond acceptors (Lipinski definition) is 3. The first-order valence-corrected chi connectivity index (χ1v) is 9.20. The van der Waals surface area contributed by atoms with E-state index in [0.29, 0.717) is 19.0 Å². The molecule has 1 aromatic carbocycles. The minimum atomic E-state index is -0.106. The first-order chi connectivity index (χ1) is 12.6. The monoisotopic (exact) mass is 354 g/mol. The highest BCUT2D eigenvalue weighted by molar-refractivity contribution is 5.85. The zero-order valence-corrected chi connectivity index (χ0v) is 15.4. The van der Waals surface area contributed by atoms with Gasteiger partial charge in [0.25, 0.3) is 0 Å². The number of likely N-dealkylation sites (tertiary alicyclic amines) is 1. The van der Waals surface area contributed by atoms with E-state index in [0.717, 1.165) is 29.7 Å². The third-order valence-electron chi connectivity index (χ3n) is 4.95. The molecule has 0 unspecified atom stereocenters. The summed E-state index contributed by atoms with van der Waals surface area (Å²) in [6.45, 7) is 5.13. The van der Waals surface area contributed by atoms with Crippen molar-refractivity contribution in [1.82, 2.24) is 20.4 Å². The minimum absolute atomic E-state index is 0.00894. The van der Waals surface area contributed by atoms with Crippen LogP contribution in [0.1, 0.15) is 38.3 Å². The summed E-state index contributed by atoms with van der Waals surface area (Å²) in [6.07, 6.45) is 3.67. The number of aromatic amines is 1. The summed E-state index contributed by atoms with van der Waals surface area (Å²) in [6, 6.07) is 10.2. The molecule has 1 aliphatic heterocycles. The van der Waals surface area contributed by atoms with Gasteiger partial charge in [0.2, 0.25) is 11.8 Å². The lowest BCUT2D eigenvalue weighted by molar-refractivity contribution is -0.134. The summed E-state index contributed by atoms with van der Waals surface area (Å²) in [5.41, 5.74) is 3.45. The lowest BCUT2D eigenvalue weighted by Gasteiger charge is -2.32. The highest BCUT2D eigenvalue weighted by Gasteiger charge is 2.26. The van der Waals surface area contributed by atoms with Crippen LogP contribution in [0, 0.1) is 5.92 Å². The van der Waals surface area contributed by atoms with Gasteiger partial charge in [-0.3, -0.25) is 14.7 Å². The number of piperidine rings is 1. The molecular formula is C20H26N4O2. The van der Waals surface area contributed by atoms with Gasteiger partial charge in [0.15, 0.2) is 0 Å². The number of carbonyl (C=O) groups is 2. The van der Waals surface area contributed by atoms with Gasteiger partial charge in [-0.25, -0.2) is 0 Å². The van der Waals surface area contributed by atoms with Gasteiger partial charge in [-0.1, -0.05) is 44.2 Å². The zero-order valence-electron chi connectivity index (χ0n) is 15.4. The predicted octanol–water partition coefficient (Wildman–Crippen LogP) is 2.55. The van der Waals surface area contributed by atoms with Crippen LogP contribution >= 0.6 is 0 Å². The Morgan fingerprint density at radius 3 is 2.58 bits per heavy atom. The number of hydrogen-bond donors (Lipinski definition) is 2. The Hall–Kier alpha value is -2.63. The second kappa shape index (κ2) is 8.17. The van der Waals surface area contributed by atoms with Crippen molar-refractivity contribution in [3.8, 4) is 11.1 Å². The highest BCUT2D eigenvalue weighted by Crippen LogP contribution is 2.33. The summed E-state index contributed by atoms with van der Waals surface area (Å²) >= 11 is 0. The first-order valence-electron chi connectivity index (χ1n) is 9.20. The molecule has 3 rings (SSSR count). The molecule has 0 aliphatic carbocycles. The zero-order chi connectivity index (χ0) is 18.5. The van der Waals surface area contributed by atoms with Gasteiger partial charge in [-0.05, 0) is 18.4 Å². The molecule has 138 valence electrons. The Morgan fingerprint density at radius 2 is 1.92 bits per heavy atom. The van der Waals surface area contributed by atoms with Crippen molar-refractivity contribution >= 4 is 11.8 Å². The Labute approximate surface area is 154 Å². The summed E-state index contributed by atoms with van der Waals surface area (Å²) < 4.78 is 0. The van der Waals surface area contributed by atoms with E-state index < -0.39 is 0 Å². The van der Waals surface area contributed by atoms with Crippen molar-refractivity contribution in [3.05, 3.63) is 42.2 Å². The van der Waals surface area contributed by atoms with Crippen LogP contribution in [0.15, 0.2) is 36.5 Å². The summed E-state index contributed by atoms with van der Waals surface area (Å²) in [7, 11) is 0. The van der Waals surface area contributed by atoms with Crippen molar-refractivity contribution in [2.24, 2.45) is 5.92 Å². The molecule has 6 heteroatoms. The SMILES string of the molecule is CC(C)C(=O)NCC(=O)N1CCC(c2[nH]ncc2-c2ccccc2)CC1. The van der Waals surface area contributed by atoms with E-state index >= 15 is 0 Å². The molecular weight excluding hydrogens is 328 g/mol. The third-order valence-corrected chi connectivity index (χ3v) is 4.95. The fraction of sp³-hybridized carbons (Fsp3) is 0.450. The molecule has 1 saturated heterocycles. The fourth-order valence-corrected chi connectivity index (χ4v) is 3.35. The van der Waals surface area contributed by atoms with Crippen LogP contribution in [-0.4, -0.2) is 46.5 Å². The normalized spacial score (nSPS) is 15.3. The molecule has 0 atom stereocenters. The van der Waals surface area contributed by atoms with Gasteiger partial charge < -0.3 is 10.2 Å². The number of amides is 2. The summed E-state index contributed by atoms with van der Waals surface area (Å²) in [4.78, 5) is 25.8. The lowest BCUT2D eigenvalue weighted by Crippen LogP contribution is -2.44. The number of H-pyrrole nitrogens is 1. The molecule has 0 radical (unpaired) electrons. The van der Waals surface area contributed by atoms with Gasteiger partial charge in [-0.15, -0.1) is 0 Å². The average molecular weight is 354 g/mol. The molecule has 2 heterocycles. The van der Waals surface area contributed by atoms with Crippen molar-refractivity contribution < 1.29 is 9.59 Å². The molecule has 26 heavy (non-hydrogen) atoms. The van der Waals surface area contributed by atoms with E-state index in [-0.39, 0.29) is 24.3 Å². The molecule has 2 amide bonds. The maximum atomic E-state index is 12.3. The quantitative estimate of drug-likeness (QED) is 0.866. The number of aromatic nitrogens is 2. The van der Waals surface area contributed by atoms with E-state index in [1.807, 2.05) is 43.1 Å². The number of benzene rings is 1. The van der Waals surface area contributed by atoms with E-state index in [9.17, 15) is 9.59 Å². The van der Waals surface area contributed by atoms with Crippen LogP contribution in [-0.2, 0) is 9.59 Å². The predicted molar refractivity (Wildman–Crippen MR) is 100 cm³/mol. The first kappa shape index (κ1) is 18.2. The minimum Gasteiger partial charge on any atom is -0.347 e. The van der Waals surface area contributed by atoms with E-state index in [4.69, 9.17) is 0 Å². The molecule has 0 bridgehead atoms. The molecule has 2 aromatic rings. The molecule has 0 spiro atoms. The van der Waals surface area contributed by atoms with Crippen LogP contribution in [0.25, 0.3) is 11.1 Å². The van der Waals surface area contributed by atoms with Crippen molar-refractivity contribution in [2.75, 3.05) is 19.6 Å². The largest absolute Gasteiger partial charge is 0.347 e.